The highest BCUT2D eigenvalue weighted by Gasteiger charge is 2.28. The predicted octanol–water partition coefficient (Wildman–Crippen LogP) is -0.277. The smallest absolute Gasteiger partial charge is 0.281 e. The molecule has 0 aliphatic carbocycles. The van der Waals surface area contributed by atoms with Crippen molar-refractivity contribution in [1.29, 1.82) is 0 Å². The predicted molar refractivity (Wildman–Crippen MR) is 56.6 cm³/mol. The van der Waals surface area contributed by atoms with Crippen LogP contribution in [0.2, 0.25) is 0 Å². The Morgan fingerprint density at radius 2 is 2.06 bits per heavy atom. The SMILES string of the molecule is CN(CC(F)F)S(=O)(=O)N1CCCNCC1. The first kappa shape index (κ1) is 13.8. The van der Waals surface area contributed by atoms with Crippen LogP contribution in [-0.2, 0) is 10.2 Å². The van der Waals surface area contributed by atoms with Gasteiger partial charge in [-0.1, -0.05) is 0 Å². The summed E-state index contributed by atoms with van der Waals surface area (Å²) in [5.41, 5.74) is 0. The summed E-state index contributed by atoms with van der Waals surface area (Å²) < 4.78 is 49.9. The third kappa shape index (κ3) is 3.62. The fraction of sp³-hybridized carbons (Fsp3) is 1.00. The highest BCUT2D eigenvalue weighted by molar-refractivity contribution is 7.86. The van der Waals surface area contributed by atoms with Crippen LogP contribution in [0.1, 0.15) is 6.42 Å². The van der Waals surface area contributed by atoms with Crippen molar-refractivity contribution in [2.24, 2.45) is 0 Å². The van der Waals surface area contributed by atoms with Crippen molar-refractivity contribution in [3.05, 3.63) is 0 Å². The highest BCUT2D eigenvalue weighted by Crippen LogP contribution is 2.10. The van der Waals surface area contributed by atoms with Gasteiger partial charge in [0.15, 0.2) is 0 Å². The van der Waals surface area contributed by atoms with Crippen LogP contribution in [0, 0.1) is 0 Å². The Hall–Kier alpha value is -0.310. The van der Waals surface area contributed by atoms with E-state index in [1.807, 2.05) is 0 Å². The van der Waals surface area contributed by atoms with Crippen LogP contribution in [0.15, 0.2) is 0 Å². The topological polar surface area (TPSA) is 52.7 Å². The van der Waals surface area contributed by atoms with Crippen LogP contribution in [0.5, 0.6) is 0 Å². The maximum atomic E-state index is 12.1. The van der Waals surface area contributed by atoms with Crippen LogP contribution in [0.25, 0.3) is 0 Å². The second-order valence-corrected chi connectivity index (χ2v) is 5.72. The van der Waals surface area contributed by atoms with E-state index in [1.54, 1.807) is 0 Å². The zero-order valence-corrected chi connectivity index (χ0v) is 10.0. The van der Waals surface area contributed by atoms with E-state index < -0.39 is 23.2 Å². The van der Waals surface area contributed by atoms with Gasteiger partial charge in [-0.25, -0.2) is 8.78 Å². The molecular weight excluding hydrogens is 240 g/mol. The molecule has 0 amide bonds. The molecule has 1 fully saturated rings. The molecule has 0 aromatic heterocycles. The summed E-state index contributed by atoms with van der Waals surface area (Å²) in [5, 5.41) is 3.06. The molecule has 0 spiro atoms. The van der Waals surface area contributed by atoms with Crippen molar-refractivity contribution >= 4 is 10.2 Å². The standard InChI is InChI=1S/C8H17F2N3O2S/c1-12(7-8(9)10)16(14,15)13-5-2-3-11-4-6-13/h8,11H,2-7H2,1H3. The summed E-state index contributed by atoms with van der Waals surface area (Å²) in [6, 6.07) is 0. The zero-order chi connectivity index (χ0) is 12.2. The molecule has 8 heteroatoms. The average Bonchev–Trinajstić information content (AvgIpc) is 2.44. The van der Waals surface area contributed by atoms with Gasteiger partial charge in [-0.15, -0.1) is 0 Å². The van der Waals surface area contributed by atoms with E-state index in [2.05, 4.69) is 5.32 Å². The summed E-state index contributed by atoms with van der Waals surface area (Å²) in [5.74, 6) is 0. The molecule has 0 atom stereocenters. The quantitative estimate of drug-likeness (QED) is 0.754. The van der Waals surface area contributed by atoms with Crippen LogP contribution in [-0.4, -0.2) is 63.2 Å². The minimum Gasteiger partial charge on any atom is -0.315 e. The van der Waals surface area contributed by atoms with Gasteiger partial charge in [-0.2, -0.15) is 17.0 Å². The lowest BCUT2D eigenvalue weighted by molar-refractivity contribution is 0.124. The fourth-order valence-electron chi connectivity index (χ4n) is 1.54. The molecule has 0 aromatic rings. The Bertz CT molecular complexity index is 302. The molecule has 1 N–H and O–H groups in total. The summed E-state index contributed by atoms with van der Waals surface area (Å²) in [7, 11) is -2.55. The molecule has 1 heterocycles. The van der Waals surface area contributed by atoms with E-state index in [1.165, 1.54) is 11.4 Å². The Labute approximate surface area is 94.6 Å². The lowest BCUT2D eigenvalue weighted by Gasteiger charge is -2.25. The van der Waals surface area contributed by atoms with Gasteiger partial charge in [0.25, 0.3) is 16.6 Å². The van der Waals surface area contributed by atoms with Gasteiger partial charge in [0.1, 0.15) is 0 Å². The number of nitrogens with zero attached hydrogens (tertiary/aromatic N) is 2. The summed E-state index contributed by atoms with van der Waals surface area (Å²) >= 11 is 0. The number of halogens is 2. The number of rotatable bonds is 4. The van der Waals surface area contributed by atoms with Gasteiger partial charge in [-0.3, -0.25) is 0 Å². The van der Waals surface area contributed by atoms with E-state index in [0.29, 0.717) is 30.4 Å². The molecule has 1 aliphatic rings. The molecule has 0 bridgehead atoms. The number of hydrogen-bond donors (Lipinski definition) is 1. The molecule has 16 heavy (non-hydrogen) atoms. The second-order valence-electron chi connectivity index (χ2n) is 3.68. The van der Waals surface area contributed by atoms with Gasteiger partial charge in [-0.05, 0) is 13.0 Å². The van der Waals surface area contributed by atoms with Gasteiger partial charge < -0.3 is 5.32 Å². The maximum Gasteiger partial charge on any atom is 0.281 e. The molecule has 1 rings (SSSR count). The molecule has 0 aromatic carbocycles. The van der Waals surface area contributed by atoms with Gasteiger partial charge >= 0.3 is 0 Å². The molecule has 1 aliphatic heterocycles. The van der Waals surface area contributed by atoms with Crippen molar-refractivity contribution in [3.63, 3.8) is 0 Å². The average molecular weight is 257 g/mol. The third-order valence-electron chi connectivity index (χ3n) is 2.41. The zero-order valence-electron chi connectivity index (χ0n) is 9.20. The molecule has 0 radical (unpaired) electrons. The summed E-state index contributed by atoms with van der Waals surface area (Å²) in [4.78, 5) is 0. The van der Waals surface area contributed by atoms with Crippen LogP contribution < -0.4 is 5.32 Å². The first-order valence-corrected chi connectivity index (χ1v) is 6.54. The van der Waals surface area contributed by atoms with Crippen molar-refractivity contribution in [3.8, 4) is 0 Å². The van der Waals surface area contributed by atoms with E-state index in [4.69, 9.17) is 0 Å². The minimum atomic E-state index is -3.73. The number of alkyl halides is 2. The van der Waals surface area contributed by atoms with E-state index >= 15 is 0 Å². The lowest BCUT2D eigenvalue weighted by Crippen LogP contribution is -2.44. The molecule has 0 unspecified atom stereocenters. The van der Waals surface area contributed by atoms with Crippen molar-refractivity contribution in [1.82, 2.24) is 13.9 Å². The largest absolute Gasteiger partial charge is 0.315 e. The van der Waals surface area contributed by atoms with Gasteiger partial charge in [0, 0.05) is 26.7 Å². The fourth-order valence-corrected chi connectivity index (χ4v) is 2.91. The van der Waals surface area contributed by atoms with E-state index in [9.17, 15) is 17.2 Å². The van der Waals surface area contributed by atoms with Gasteiger partial charge in [0.2, 0.25) is 0 Å². The number of hydrogen-bond acceptors (Lipinski definition) is 3. The summed E-state index contributed by atoms with van der Waals surface area (Å²) in [6.45, 7) is 1.26. The lowest BCUT2D eigenvalue weighted by atomic mass is 10.4. The van der Waals surface area contributed by atoms with Crippen molar-refractivity contribution in [2.45, 2.75) is 12.8 Å². The summed E-state index contributed by atoms with van der Waals surface area (Å²) in [6.07, 6.45) is -1.95. The van der Waals surface area contributed by atoms with Crippen LogP contribution in [0.4, 0.5) is 8.78 Å². The Morgan fingerprint density at radius 3 is 2.69 bits per heavy atom. The van der Waals surface area contributed by atoms with E-state index in [0.717, 1.165) is 6.54 Å². The molecular formula is C8H17F2N3O2S. The number of nitrogens with one attached hydrogen (secondary N) is 1. The first-order chi connectivity index (χ1) is 7.44. The van der Waals surface area contributed by atoms with Crippen molar-refractivity contribution in [2.75, 3.05) is 39.8 Å². The molecule has 96 valence electrons. The van der Waals surface area contributed by atoms with Gasteiger partial charge in [0.05, 0.1) is 6.54 Å². The first-order valence-electron chi connectivity index (χ1n) is 5.15. The Morgan fingerprint density at radius 1 is 1.38 bits per heavy atom. The Balaban J connectivity index is 2.67. The minimum absolute atomic E-state index is 0.329. The highest BCUT2D eigenvalue weighted by atomic mass is 32.2. The monoisotopic (exact) mass is 257 g/mol. The van der Waals surface area contributed by atoms with Crippen LogP contribution in [0.3, 0.4) is 0 Å². The van der Waals surface area contributed by atoms with Crippen LogP contribution >= 0.6 is 0 Å². The Kier molecular flexibility index (Phi) is 5.03. The normalized spacial score (nSPS) is 20.3. The molecule has 1 saturated heterocycles. The van der Waals surface area contributed by atoms with E-state index in [-0.39, 0.29) is 0 Å². The third-order valence-corrected chi connectivity index (χ3v) is 4.37. The maximum absolute atomic E-state index is 12.1. The van der Waals surface area contributed by atoms with Crippen molar-refractivity contribution < 1.29 is 17.2 Å². The second kappa shape index (κ2) is 5.85. The molecule has 0 saturated carbocycles. The molecule has 5 nitrogen and oxygen atoms in total.